The van der Waals surface area contributed by atoms with E-state index in [1.807, 2.05) is 0 Å². The number of likely N-dealkylation sites (N-methyl/N-ethyl adjacent to an activating group) is 1. The number of amides is 2. The van der Waals surface area contributed by atoms with Gasteiger partial charge >= 0.3 is 0 Å². The number of aromatic nitrogens is 2. The summed E-state index contributed by atoms with van der Waals surface area (Å²) in [6, 6.07) is 6.41. The van der Waals surface area contributed by atoms with Crippen LogP contribution in [0.1, 0.15) is 37.3 Å². The molecule has 1 atom stereocenters. The van der Waals surface area contributed by atoms with Gasteiger partial charge in [0.15, 0.2) is 0 Å². The van der Waals surface area contributed by atoms with Crippen LogP contribution in [0.15, 0.2) is 41.1 Å². The Balaban J connectivity index is 1.45. The van der Waals surface area contributed by atoms with E-state index < -0.39 is 6.04 Å². The smallest absolute Gasteiger partial charge is 0.247 e. The zero-order valence-corrected chi connectivity index (χ0v) is 16.8. The van der Waals surface area contributed by atoms with Crippen LogP contribution in [0.25, 0.3) is 0 Å². The van der Waals surface area contributed by atoms with Crippen molar-refractivity contribution in [3.05, 3.63) is 52.5 Å². The molecule has 0 spiro atoms. The molecule has 1 saturated carbocycles. The highest BCUT2D eigenvalue weighted by molar-refractivity contribution is 9.10. The maximum Gasteiger partial charge on any atom is 0.247 e. The van der Waals surface area contributed by atoms with E-state index in [1.54, 1.807) is 49.2 Å². The molecule has 0 aliphatic heterocycles. The van der Waals surface area contributed by atoms with E-state index in [2.05, 4.69) is 26.3 Å². The van der Waals surface area contributed by atoms with E-state index in [-0.39, 0.29) is 30.2 Å². The first kappa shape index (κ1) is 19.5. The normalized spacial score (nSPS) is 19.9. The lowest BCUT2D eigenvalue weighted by Crippen LogP contribution is -2.48. The van der Waals surface area contributed by atoms with Crippen LogP contribution in [0.2, 0.25) is 0 Å². The predicted molar refractivity (Wildman–Crippen MR) is 103 cm³/mol. The average molecular weight is 437 g/mol. The molecule has 2 aromatic rings. The van der Waals surface area contributed by atoms with Crippen molar-refractivity contribution in [1.29, 1.82) is 0 Å². The molecule has 1 aliphatic carbocycles. The maximum absolute atomic E-state index is 13.3. The Hall–Kier alpha value is -2.22. The monoisotopic (exact) mass is 436 g/mol. The fraction of sp³-hybridized carbons (Fsp3) is 0.421. The highest BCUT2D eigenvalue weighted by Crippen LogP contribution is 2.38. The first-order chi connectivity index (χ1) is 12.8. The molecule has 1 fully saturated rings. The largest absolute Gasteiger partial charge is 0.352 e. The molecule has 2 amide bonds. The van der Waals surface area contributed by atoms with Crippen molar-refractivity contribution in [3.63, 3.8) is 0 Å². The predicted octanol–water partition coefficient (Wildman–Crippen LogP) is 2.87. The number of nitrogens with zero attached hydrogens (tertiary/aromatic N) is 3. The highest BCUT2D eigenvalue weighted by atomic mass is 79.9. The van der Waals surface area contributed by atoms with E-state index in [1.165, 1.54) is 11.0 Å². The molecule has 3 rings (SSSR count). The summed E-state index contributed by atoms with van der Waals surface area (Å²) in [6.07, 6.45) is 4.96. The summed E-state index contributed by atoms with van der Waals surface area (Å²) in [4.78, 5) is 26.0. The quantitative estimate of drug-likeness (QED) is 0.756. The van der Waals surface area contributed by atoms with Crippen molar-refractivity contribution < 1.29 is 14.0 Å². The molecule has 1 heterocycles. The molecule has 0 bridgehead atoms. The SMILES string of the molecule is C[C@H](C(=O)N(C)CC(=O)NC1CC(c2ccc(F)c(Br)c2)C1)n1cccn1. The van der Waals surface area contributed by atoms with Crippen molar-refractivity contribution in [2.24, 2.45) is 0 Å². The minimum absolute atomic E-state index is 0.00764. The number of benzene rings is 1. The van der Waals surface area contributed by atoms with Crippen LogP contribution in [0.4, 0.5) is 4.39 Å². The highest BCUT2D eigenvalue weighted by Gasteiger charge is 2.32. The first-order valence-electron chi connectivity index (χ1n) is 8.83. The summed E-state index contributed by atoms with van der Waals surface area (Å²) < 4.78 is 15.3. The van der Waals surface area contributed by atoms with Crippen molar-refractivity contribution >= 4 is 27.7 Å². The second-order valence-corrected chi connectivity index (χ2v) is 7.82. The minimum atomic E-state index is -0.456. The van der Waals surface area contributed by atoms with E-state index in [0.29, 0.717) is 10.4 Å². The Kier molecular flexibility index (Phi) is 5.94. The molecule has 144 valence electrons. The lowest BCUT2D eigenvalue weighted by molar-refractivity contribution is -0.137. The van der Waals surface area contributed by atoms with Gasteiger partial charge in [-0.15, -0.1) is 0 Å². The topological polar surface area (TPSA) is 67.2 Å². The molecular formula is C19H22BrFN4O2. The van der Waals surface area contributed by atoms with Crippen LogP contribution < -0.4 is 5.32 Å². The third kappa shape index (κ3) is 4.55. The average Bonchev–Trinajstić information content (AvgIpc) is 3.13. The molecule has 8 heteroatoms. The van der Waals surface area contributed by atoms with Crippen LogP contribution in [0.3, 0.4) is 0 Å². The van der Waals surface area contributed by atoms with Gasteiger partial charge in [0.2, 0.25) is 11.8 Å². The Morgan fingerprint density at radius 1 is 1.44 bits per heavy atom. The van der Waals surface area contributed by atoms with Gasteiger partial charge in [-0.1, -0.05) is 6.07 Å². The molecule has 1 N–H and O–H groups in total. The van der Waals surface area contributed by atoms with Crippen LogP contribution in [-0.4, -0.2) is 46.1 Å². The molecule has 0 radical (unpaired) electrons. The molecule has 1 aromatic heterocycles. The molecular weight excluding hydrogens is 415 g/mol. The Labute approximate surface area is 165 Å². The van der Waals surface area contributed by atoms with Gasteiger partial charge in [-0.2, -0.15) is 5.10 Å². The summed E-state index contributed by atoms with van der Waals surface area (Å²) in [5, 5.41) is 7.02. The summed E-state index contributed by atoms with van der Waals surface area (Å²) in [5.41, 5.74) is 1.06. The van der Waals surface area contributed by atoms with E-state index in [0.717, 1.165) is 18.4 Å². The number of nitrogens with one attached hydrogen (secondary N) is 1. The van der Waals surface area contributed by atoms with Crippen molar-refractivity contribution in [1.82, 2.24) is 20.0 Å². The van der Waals surface area contributed by atoms with Crippen LogP contribution in [0, 0.1) is 5.82 Å². The number of hydrogen-bond donors (Lipinski definition) is 1. The van der Waals surface area contributed by atoms with Gasteiger partial charge in [-0.25, -0.2) is 4.39 Å². The Bertz CT molecular complexity index is 821. The van der Waals surface area contributed by atoms with Gasteiger partial charge in [0.1, 0.15) is 11.9 Å². The number of halogens is 2. The summed E-state index contributed by atoms with van der Waals surface area (Å²) in [5.74, 6) is -0.315. The van der Waals surface area contributed by atoms with Crippen molar-refractivity contribution in [2.75, 3.05) is 13.6 Å². The zero-order chi connectivity index (χ0) is 19.6. The van der Waals surface area contributed by atoms with Crippen molar-refractivity contribution in [2.45, 2.75) is 37.8 Å². The molecule has 6 nitrogen and oxygen atoms in total. The van der Waals surface area contributed by atoms with Gasteiger partial charge in [-0.05, 0) is 65.4 Å². The summed E-state index contributed by atoms with van der Waals surface area (Å²) in [6.45, 7) is 1.76. The van der Waals surface area contributed by atoms with Gasteiger partial charge < -0.3 is 10.2 Å². The van der Waals surface area contributed by atoms with Crippen LogP contribution in [0.5, 0.6) is 0 Å². The van der Waals surface area contributed by atoms with Crippen LogP contribution >= 0.6 is 15.9 Å². The molecule has 0 unspecified atom stereocenters. The number of carbonyl (C=O) groups excluding carboxylic acids is 2. The summed E-state index contributed by atoms with van der Waals surface area (Å²) >= 11 is 3.20. The van der Waals surface area contributed by atoms with E-state index >= 15 is 0 Å². The molecule has 1 aromatic carbocycles. The second-order valence-electron chi connectivity index (χ2n) is 6.96. The molecule has 27 heavy (non-hydrogen) atoms. The molecule has 1 aliphatic rings. The number of carbonyl (C=O) groups is 2. The van der Waals surface area contributed by atoms with Gasteiger partial charge in [0.25, 0.3) is 0 Å². The Morgan fingerprint density at radius 2 is 2.19 bits per heavy atom. The van der Waals surface area contributed by atoms with Crippen molar-refractivity contribution in [3.8, 4) is 0 Å². The third-order valence-corrected chi connectivity index (χ3v) is 5.56. The van der Waals surface area contributed by atoms with E-state index in [9.17, 15) is 14.0 Å². The van der Waals surface area contributed by atoms with Gasteiger partial charge in [0, 0.05) is 25.5 Å². The number of hydrogen-bond acceptors (Lipinski definition) is 3. The zero-order valence-electron chi connectivity index (χ0n) is 15.2. The number of rotatable bonds is 6. The van der Waals surface area contributed by atoms with Gasteiger partial charge in [-0.3, -0.25) is 14.3 Å². The second kappa shape index (κ2) is 8.21. The van der Waals surface area contributed by atoms with Gasteiger partial charge in [0.05, 0.1) is 11.0 Å². The molecule has 0 saturated heterocycles. The first-order valence-corrected chi connectivity index (χ1v) is 9.63. The third-order valence-electron chi connectivity index (χ3n) is 4.95. The summed E-state index contributed by atoms with van der Waals surface area (Å²) in [7, 11) is 1.61. The maximum atomic E-state index is 13.3. The lowest BCUT2D eigenvalue weighted by atomic mass is 9.76. The lowest BCUT2D eigenvalue weighted by Gasteiger charge is -2.36. The van der Waals surface area contributed by atoms with E-state index in [4.69, 9.17) is 0 Å². The standard InChI is InChI=1S/C19H22BrFN4O2/c1-12(25-7-3-6-22-25)19(27)24(2)11-18(26)23-15-8-14(9-15)13-4-5-17(21)16(20)10-13/h3-7,10,12,14-15H,8-9,11H2,1-2H3,(H,23,26)/t12-,14?,15?/m1/s1. The fourth-order valence-electron chi connectivity index (χ4n) is 3.28. The van der Waals surface area contributed by atoms with Crippen LogP contribution in [-0.2, 0) is 9.59 Å². The minimum Gasteiger partial charge on any atom is -0.352 e. The fourth-order valence-corrected chi connectivity index (χ4v) is 3.68. The Morgan fingerprint density at radius 3 is 2.81 bits per heavy atom.